The fourth-order valence-corrected chi connectivity index (χ4v) is 4.19. The molecule has 1 aliphatic heterocycles. The number of rotatable bonds is 1. The third-order valence-corrected chi connectivity index (χ3v) is 6.15. The molecule has 1 amide bonds. The number of guanidine groups is 1. The summed E-state index contributed by atoms with van der Waals surface area (Å²) in [5.74, 6) is -2.41. The minimum Gasteiger partial charge on any atom is -0.442 e. The Morgan fingerprint density at radius 1 is 1.30 bits per heavy atom. The molecule has 1 aromatic carbocycles. The van der Waals surface area contributed by atoms with Crippen molar-refractivity contribution in [3.63, 3.8) is 0 Å². The number of hydrogen-bond acceptors (Lipinski definition) is 4. The number of ether oxygens (including phenoxy) is 1. The highest BCUT2D eigenvalue weighted by Gasteiger charge is 2.40. The Bertz CT molecular complexity index is 900. The van der Waals surface area contributed by atoms with Gasteiger partial charge in [0.2, 0.25) is 16.0 Å². The quantitative estimate of drug-likeness (QED) is 0.590. The standard InChI is InChI=1S/C16H20BrF2N3O4S/c1-9-8-27(24,25)21(5)14(20-15(23)26-16(2,3)4)22(9)13-6-10(17)11(18)7-12(13)19/h6-7,9H,8H2,1-5H3/t9-/m1/s1. The molecule has 0 saturated carbocycles. The SMILES string of the molecule is C[C@@H]1CS(=O)(=O)N(C)C(=NC(=O)OC(C)(C)C)N1c1cc(Br)c(F)cc1F. The molecule has 0 N–H and O–H groups in total. The van der Waals surface area contributed by atoms with Crippen LogP contribution in [0.5, 0.6) is 0 Å². The van der Waals surface area contributed by atoms with Crippen molar-refractivity contribution in [2.45, 2.75) is 39.3 Å². The highest BCUT2D eigenvalue weighted by Crippen LogP contribution is 2.31. The Hall–Kier alpha value is -1.75. The lowest BCUT2D eigenvalue weighted by Crippen LogP contribution is -2.58. The average molecular weight is 468 g/mol. The Balaban J connectivity index is 2.62. The molecule has 27 heavy (non-hydrogen) atoms. The first kappa shape index (κ1) is 21.5. The number of carbonyl (C=O) groups excluding carboxylic acids is 1. The summed E-state index contributed by atoms with van der Waals surface area (Å²) < 4.78 is 58.6. The van der Waals surface area contributed by atoms with Crippen LogP contribution in [0.15, 0.2) is 21.6 Å². The highest BCUT2D eigenvalue weighted by molar-refractivity contribution is 9.10. The molecule has 0 bridgehead atoms. The maximum Gasteiger partial charge on any atom is 0.437 e. The Morgan fingerprint density at radius 3 is 2.44 bits per heavy atom. The number of aliphatic imine (C=N–C) groups is 1. The summed E-state index contributed by atoms with van der Waals surface area (Å²) in [5.41, 5.74) is -0.978. The molecule has 0 aromatic heterocycles. The summed E-state index contributed by atoms with van der Waals surface area (Å²) in [6.45, 7) is 6.42. The van der Waals surface area contributed by atoms with Crippen molar-refractivity contribution >= 4 is 43.7 Å². The first-order chi connectivity index (χ1) is 12.2. The van der Waals surface area contributed by atoms with Gasteiger partial charge >= 0.3 is 6.09 Å². The van der Waals surface area contributed by atoms with Crippen molar-refractivity contribution in [1.82, 2.24) is 4.31 Å². The van der Waals surface area contributed by atoms with E-state index in [1.165, 1.54) is 18.9 Å². The van der Waals surface area contributed by atoms with Gasteiger partial charge < -0.3 is 9.64 Å². The monoisotopic (exact) mass is 467 g/mol. The highest BCUT2D eigenvalue weighted by atomic mass is 79.9. The molecule has 2 rings (SSSR count). The summed E-state index contributed by atoms with van der Waals surface area (Å²) in [7, 11) is -2.57. The minimum absolute atomic E-state index is 0.0150. The maximum atomic E-state index is 14.4. The zero-order valence-electron chi connectivity index (χ0n) is 15.5. The molecule has 1 aromatic rings. The van der Waals surface area contributed by atoms with Crippen LogP contribution in [0.2, 0.25) is 0 Å². The number of amides is 1. The van der Waals surface area contributed by atoms with Crippen LogP contribution in [0.4, 0.5) is 19.3 Å². The van der Waals surface area contributed by atoms with Crippen LogP contribution < -0.4 is 4.90 Å². The third-order valence-electron chi connectivity index (χ3n) is 3.64. The predicted molar refractivity (Wildman–Crippen MR) is 101 cm³/mol. The second kappa shape index (κ2) is 7.34. The van der Waals surface area contributed by atoms with Gasteiger partial charge in [0.05, 0.1) is 22.0 Å². The molecular formula is C16H20BrF2N3O4S. The van der Waals surface area contributed by atoms with Gasteiger partial charge in [0.15, 0.2) is 0 Å². The van der Waals surface area contributed by atoms with Gasteiger partial charge in [-0.2, -0.15) is 0 Å². The number of nitrogens with zero attached hydrogens (tertiary/aromatic N) is 3. The molecule has 7 nitrogen and oxygen atoms in total. The number of carbonyl (C=O) groups is 1. The summed E-state index contributed by atoms with van der Waals surface area (Å²) in [6.07, 6.45) is -1.03. The number of benzene rings is 1. The van der Waals surface area contributed by atoms with Crippen molar-refractivity contribution in [3.05, 3.63) is 28.2 Å². The van der Waals surface area contributed by atoms with Crippen LogP contribution in [0.25, 0.3) is 0 Å². The number of anilines is 1. The molecule has 1 saturated heterocycles. The molecule has 0 spiro atoms. The Morgan fingerprint density at radius 2 is 1.89 bits per heavy atom. The first-order valence-electron chi connectivity index (χ1n) is 7.95. The van der Waals surface area contributed by atoms with Crippen LogP contribution in [-0.4, -0.2) is 49.2 Å². The normalized spacial score (nSPS) is 21.5. The molecule has 0 unspecified atom stereocenters. The van der Waals surface area contributed by atoms with E-state index in [0.717, 1.165) is 10.4 Å². The zero-order valence-corrected chi connectivity index (χ0v) is 17.9. The zero-order chi connectivity index (χ0) is 20.7. The molecule has 1 atom stereocenters. The van der Waals surface area contributed by atoms with Gasteiger partial charge in [-0.3, -0.25) is 0 Å². The topological polar surface area (TPSA) is 79.3 Å². The van der Waals surface area contributed by atoms with Gasteiger partial charge in [-0.05, 0) is 49.7 Å². The van der Waals surface area contributed by atoms with E-state index < -0.39 is 39.4 Å². The van der Waals surface area contributed by atoms with E-state index in [1.54, 1.807) is 20.8 Å². The van der Waals surface area contributed by atoms with E-state index in [2.05, 4.69) is 20.9 Å². The maximum absolute atomic E-state index is 14.4. The second-order valence-corrected chi connectivity index (χ2v) is 9.97. The van der Waals surface area contributed by atoms with E-state index >= 15 is 0 Å². The Kier molecular flexibility index (Phi) is 5.86. The molecule has 0 aliphatic carbocycles. The minimum atomic E-state index is -3.78. The average Bonchev–Trinajstić information content (AvgIpc) is 2.47. The fourth-order valence-electron chi connectivity index (χ4n) is 2.50. The predicted octanol–water partition coefficient (Wildman–Crippen LogP) is 3.49. The Labute approximate surface area is 165 Å². The molecule has 1 fully saturated rings. The van der Waals surface area contributed by atoms with E-state index in [-0.39, 0.29) is 21.9 Å². The molecule has 11 heteroatoms. The van der Waals surface area contributed by atoms with Crippen molar-refractivity contribution < 1.29 is 26.7 Å². The lowest BCUT2D eigenvalue weighted by atomic mass is 10.2. The van der Waals surface area contributed by atoms with Gasteiger partial charge in [0, 0.05) is 13.1 Å². The van der Waals surface area contributed by atoms with E-state index in [1.807, 2.05) is 0 Å². The summed E-state index contributed by atoms with van der Waals surface area (Å²) >= 11 is 2.98. The van der Waals surface area contributed by atoms with Crippen LogP contribution in [0, 0.1) is 11.6 Å². The largest absolute Gasteiger partial charge is 0.442 e. The fraction of sp³-hybridized carbons (Fsp3) is 0.500. The van der Waals surface area contributed by atoms with Crippen molar-refractivity contribution in [1.29, 1.82) is 0 Å². The molecule has 0 radical (unpaired) electrons. The van der Waals surface area contributed by atoms with Gasteiger partial charge in [-0.15, -0.1) is 4.99 Å². The van der Waals surface area contributed by atoms with Crippen molar-refractivity contribution in [3.8, 4) is 0 Å². The van der Waals surface area contributed by atoms with Gasteiger partial charge in [-0.25, -0.2) is 26.3 Å². The lowest BCUT2D eigenvalue weighted by molar-refractivity contribution is 0.0602. The van der Waals surface area contributed by atoms with Crippen LogP contribution in [0.1, 0.15) is 27.7 Å². The summed E-state index contributed by atoms with van der Waals surface area (Å²) in [5, 5.41) is 0. The smallest absolute Gasteiger partial charge is 0.437 e. The molecule has 150 valence electrons. The van der Waals surface area contributed by atoms with E-state index in [4.69, 9.17) is 4.74 Å². The molecule has 1 aliphatic rings. The number of halogens is 3. The third kappa shape index (κ3) is 4.75. The van der Waals surface area contributed by atoms with Gasteiger partial charge in [0.1, 0.15) is 17.2 Å². The summed E-state index contributed by atoms with van der Waals surface area (Å²) in [4.78, 5) is 17.1. The van der Waals surface area contributed by atoms with Crippen LogP contribution >= 0.6 is 15.9 Å². The second-order valence-electron chi connectivity index (χ2n) is 7.07. The first-order valence-corrected chi connectivity index (χ1v) is 10.3. The van der Waals surface area contributed by atoms with Crippen LogP contribution in [-0.2, 0) is 14.8 Å². The van der Waals surface area contributed by atoms with E-state index in [0.29, 0.717) is 6.07 Å². The molecule has 1 heterocycles. The lowest BCUT2D eigenvalue weighted by Gasteiger charge is -2.40. The van der Waals surface area contributed by atoms with E-state index in [9.17, 15) is 22.0 Å². The van der Waals surface area contributed by atoms with Crippen LogP contribution in [0.3, 0.4) is 0 Å². The molecular weight excluding hydrogens is 448 g/mol. The number of hydrogen-bond donors (Lipinski definition) is 0. The van der Waals surface area contributed by atoms with Crippen molar-refractivity contribution in [2.75, 3.05) is 17.7 Å². The number of sulfonamides is 1. The summed E-state index contributed by atoms with van der Waals surface area (Å²) in [6, 6.07) is 1.07. The van der Waals surface area contributed by atoms with Gasteiger partial charge in [-0.1, -0.05) is 0 Å². The van der Waals surface area contributed by atoms with Crippen molar-refractivity contribution in [2.24, 2.45) is 4.99 Å². The van der Waals surface area contributed by atoms with Gasteiger partial charge in [0.25, 0.3) is 0 Å².